The number of nitrogens with zero attached hydrogens (tertiary/aromatic N) is 2. The molecule has 1 aromatic carbocycles. The molecule has 0 unspecified atom stereocenters. The Bertz CT molecular complexity index is 798. The Morgan fingerprint density at radius 3 is 2.22 bits per heavy atom. The monoisotopic (exact) mass is 371 g/mol. The first-order valence-electron chi connectivity index (χ1n) is 8.46. The first kappa shape index (κ1) is 20.0. The van der Waals surface area contributed by atoms with Crippen molar-refractivity contribution in [1.82, 2.24) is 9.80 Å². The smallest absolute Gasteiger partial charge is 0.326 e. The van der Waals surface area contributed by atoms with Crippen LogP contribution in [0.3, 0.4) is 0 Å². The molecule has 5 amide bonds. The highest BCUT2D eigenvalue weighted by Crippen LogP contribution is 2.15. The Balaban J connectivity index is 2.03. The summed E-state index contributed by atoms with van der Waals surface area (Å²) in [6.07, 6.45) is 1.70. The number of nitrogens with one attached hydrogen (secondary N) is 1. The maximum atomic E-state index is 12.4. The second-order valence-corrected chi connectivity index (χ2v) is 6.52. The van der Waals surface area contributed by atoms with E-state index in [-0.39, 0.29) is 23.9 Å². The van der Waals surface area contributed by atoms with Gasteiger partial charge in [-0.2, -0.15) is 0 Å². The third-order valence-electron chi connectivity index (χ3n) is 3.83. The number of imide groups is 2. The average Bonchev–Trinajstić information content (AvgIpc) is 2.80. The number of rotatable bonds is 8. The standard InChI is InChI=1S/C19H21N3O5/c1-4-9-21-17(25)18(26)22(19(21)27)11-15(23)13-5-7-14(8-6-13)20-16(24)10-12(2)3/h4-8,12H,1,9-11H2,2-3H3,(H,20,24). The minimum Gasteiger partial charge on any atom is -0.326 e. The van der Waals surface area contributed by atoms with Crippen LogP contribution in [0.1, 0.15) is 30.6 Å². The first-order valence-corrected chi connectivity index (χ1v) is 8.46. The largest absolute Gasteiger partial charge is 0.334 e. The van der Waals surface area contributed by atoms with E-state index in [4.69, 9.17) is 0 Å². The van der Waals surface area contributed by atoms with E-state index in [1.807, 2.05) is 13.8 Å². The summed E-state index contributed by atoms with van der Waals surface area (Å²) < 4.78 is 0. The predicted molar refractivity (Wildman–Crippen MR) is 97.9 cm³/mol. The van der Waals surface area contributed by atoms with Gasteiger partial charge in [0.25, 0.3) is 0 Å². The average molecular weight is 371 g/mol. The molecule has 0 bridgehead atoms. The lowest BCUT2D eigenvalue weighted by atomic mass is 10.1. The van der Waals surface area contributed by atoms with Crippen molar-refractivity contribution in [3.05, 3.63) is 42.5 Å². The maximum absolute atomic E-state index is 12.4. The molecule has 8 nitrogen and oxygen atoms in total. The Hall–Kier alpha value is -3.29. The van der Waals surface area contributed by atoms with E-state index >= 15 is 0 Å². The fourth-order valence-electron chi connectivity index (χ4n) is 2.54. The number of ketones is 1. The van der Waals surface area contributed by atoms with Crippen LogP contribution < -0.4 is 5.32 Å². The van der Waals surface area contributed by atoms with Gasteiger partial charge in [0, 0.05) is 24.2 Å². The molecule has 0 aliphatic carbocycles. The molecule has 0 atom stereocenters. The summed E-state index contributed by atoms with van der Waals surface area (Å²) in [6.45, 7) is 6.66. The molecule has 2 rings (SSSR count). The third-order valence-corrected chi connectivity index (χ3v) is 3.83. The van der Waals surface area contributed by atoms with Crippen molar-refractivity contribution >= 4 is 35.2 Å². The molecule has 1 N–H and O–H groups in total. The van der Waals surface area contributed by atoms with Crippen LogP contribution in [0, 0.1) is 5.92 Å². The van der Waals surface area contributed by atoms with Crippen molar-refractivity contribution in [3.8, 4) is 0 Å². The lowest BCUT2D eigenvalue weighted by Crippen LogP contribution is -2.37. The minimum absolute atomic E-state index is 0.0983. The van der Waals surface area contributed by atoms with E-state index in [0.717, 1.165) is 4.90 Å². The van der Waals surface area contributed by atoms with Crippen molar-refractivity contribution < 1.29 is 24.0 Å². The molecule has 142 valence electrons. The first-order chi connectivity index (χ1) is 12.7. The van der Waals surface area contributed by atoms with Crippen molar-refractivity contribution in [3.63, 3.8) is 0 Å². The third kappa shape index (κ3) is 4.66. The quantitative estimate of drug-likeness (QED) is 0.325. The van der Waals surface area contributed by atoms with Crippen LogP contribution in [-0.4, -0.2) is 52.4 Å². The molecule has 1 aliphatic rings. The van der Waals surface area contributed by atoms with Crippen LogP contribution >= 0.6 is 0 Å². The molecule has 1 heterocycles. The van der Waals surface area contributed by atoms with Crippen LogP contribution in [0.25, 0.3) is 0 Å². The molecule has 1 saturated heterocycles. The van der Waals surface area contributed by atoms with Gasteiger partial charge in [0.2, 0.25) is 5.91 Å². The van der Waals surface area contributed by atoms with Crippen molar-refractivity contribution in [2.45, 2.75) is 20.3 Å². The van der Waals surface area contributed by atoms with Gasteiger partial charge in [-0.15, -0.1) is 6.58 Å². The number of hydrogen-bond donors (Lipinski definition) is 1. The molecule has 1 aromatic rings. The zero-order valence-electron chi connectivity index (χ0n) is 15.2. The second kappa shape index (κ2) is 8.39. The van der Waals surface area contributed by atoms with E-state index in [1.54, 1.807) is 12.1 Å². The summed E-state index contributed by atoms with van der Waals surface area (Å²) in [5.74, 6) is -2.41. The van der Waals surface area contributed by atoms with Gasteiger partial charge in [-0.1, -0.05) is 19.9 Å². The molecule has 0 spiro atoms. The molecule has 0 radical (unpaired) electrons. The lowest BCUT2D eigenvalue weighted by Gasteiger charge is -2.13. The minimum atomic E-state index is -1.03. The SMILES string of the molecule is C=CCN1C(=O)C(=O)N(CC(=O)c2ccc(NC(=O)CC(C)C)cc2)C1=O. The van der Waals surface area contributed by atoms with Gasteiger partial charge < -0.3 is 5.32 Å². The van der Waals surface area contributed by atoms with Gasteiger partial charge in [-0.05, 0) is 30.2 Å². The highest BCUT2D eigenvalue weighted by atomic mass is 16.2. The number of benzene rings is 1. The number of amides is 5. The fourth-order valence-corrected chi connectivity index (χ4v) is 2.54. The van der Waals surface area contributed by atoms with Crippen LogP contribution in [-0.2, 0) is 14.4 Å². The fraction of sp³-hybridized carbons (Fsp3) is 0.316. The molecule has 0 saturated carbocycles. The molecular weight excluding hydrogens is 350 g/mol. The van der Waals surface area contributed by atoms with Crippen LogP contribution in [0.2, 0.25) is 0 Å². The maximum Gasteiger partial charge on any atom is 0.334 e. The van der Waals surface area contributed by atoms with Crippen molar-refractivity contribution in [2.24, 2.45) is 5.92 Å². The Labute approximate surface area is 156 Å². The summed E-state index contributed by atoms with van der Waals surface area (Å²) in [5, 5.41) is 2.72. The van der Waals surface area contributed by atoms with E-state index in [1.165, 1.54) is 18.2 Å². The number of Topliss-reactive ketones (excluding diaryl/α,β-unsaturated/α-hetero) is 1. The van der Waals surface area contributed by atoms with E-state index in [2.05, 4.69) is 11.9 Å². The van der Waals surface area contributed by atoms with E-state index in [9.17, 15) is 24.0 Å². The predicted octanol–water partition coefficient (Wildman–Crippen LogP) is 1.83. The number of urea groups is 1. The van der Waals surface area contributed by atoms with Crippen LogP contribution in [0.15, 0.2) is 36.9 Å². The van der Waals surface area contributed by atoms with Gasteiger partial charge in [0.05, 0.1) is 6.54 Å². The van der Waals surface area contributed by atoms with Crippen molar-refractivity contribution in [1.29, 1.82) is 0 Å². The molecule has 8 heteroatoms. The molecule has 1 aliphatic heterocycles. The molecule has 1 fully saturated rings. The highest BCUT2D eigenvalue weighted by Gasteiger charge is 2.44. The summed E-state index contributed by atoms with van der Waals surface area (Å²) in [5.41, 5.74) is 0.796. The second-order valence-electron chi connectivity index (χ2n) is 6.52. The molecule has 0 aromatic heterocycles. The van der Waals surface area contributed by atoms with Gasteiger partial charge in [0.15, 0.2) is 5.78 Å². The zero-order valence-corrected chi connectivity index (χ0v) is 15.2. The number of anilines is 1. The lowest BCUT2D eigenvalue weighted by molar-refractivity contribution is -0.142. The summed E-state index contributed by atoms with van der Waals surface area (Å²) in [6, 6.07) is 5.27. The molecule has 27 heavy (non-hydrogen) atoms. The number of carbonyl (C=O) groups is 5. The normalized spacial score (nSPS) is 14.1. The van der Waals surface area contributed by atoms with Gasteiger partial charge >= 0.3 is 17.8 Å². The summed E-state index contributed by atoms with van der Waals surface area (Å²) >= 11 is 0. The topological polar surface area (TPSA) is 104 Å². The van der Waals surface area contributed by atoms with E-state index < -0.39 is 30.2 Å². The van der Waals surface area contributed by atoms with Crippen molar-refractivity contribution in [2.75, 3.05) is 18.4 Å². The molecular formula is C19H21N3O5. The number of hydrogen-bond acceptors (Lipinski definition) is 5. The van der Waals surface area contributed by atoms with E-state index in [0.29, 0.717) is 17.0 Å². The van der Waals surface area contributed by atoms with Gasteiger partial charge in [-0.25, -0.2) is 9.69 Å². The summed E-state index contributed by atoms with van der Waals surface area (Å²) in [7, 11) is 0. The van der Waals surface area contributed by atoms with Gasteiger partial charge in [0.1, 0.15) is 0 Å². The van der Waals surface area contributed by atoms with Gasteiger partial charge in [-0.3, -0.25) is 24.1 Å². The zero-order chi connectivity index (χ0) is 20.1. The summed E-state index contributed by atoms with van der Waals surface area (Å²) in [4.78, 5) is 61.3. The highest BCUT2D eigenvalue weighted by molar-refractivity contribution is 6.45. The Morgan fingerprint density at radius 1 is 1.07 bits per heavy atom. The Kier molecular flexibility index (Phi) is 6.23. The van der Waals surface area contributed by atoms with Crippen LogP contribution in [0.5, 0.6) is 0 Å². The van der Waals surface area contributed by atoms with Crippen LogP contribution in [0.4, 0.5) is 10.5 Å². The Morgan fingerprint density at radius 2 is 1.67 bits per heavy atom. The number of carbonyl (C=O) groups excluding carboxylic acids is 5.